The number of hydrogen-bond donors (Lipinski definition) is 3. The SMILES string of the molecule is CCC(C)c1ccc(NC(N)=NCCC(=O)NC2CCS(=O)(=O)C2)cc1. The topological polar surface area (TPSA) is 114 Å². The van der Waals surface area contributed by atoms with Crippen molar-refractivity contribution in [1.82, 2.24) is 5.32 Å². The fourth-order valence-electron chi connectivity index (χ4n) is 2.80. The van der Waals surface area contributed by atoms with Gasteiger partial charge in [-0.1, -0.05) is 26.0 Å². The summed E-state index contributed by atoms with van der Waals surface area (Å²) in [6.07, 6.45) is 1.74. The smallest absolute Gasteiger partial charge is 0.222 e. The van der Waals surface area contributed by atoms with Crippen LogP contribution < -0.4 is 16.4 Å². The van der Waals surface area contributed by atoms with Crippen LogP contribution in [0.4, 0.5) is 5.69 Å². The van der Waals surface area contributed by atoms with Crippen LogP contribution >= 0.6 is 0 Å². The highest BCUT2D eigenvalue weighted by atomic mass is 32.2. The number of nitrogens with two attached hydrogens (primary N) is 1. The van der Waals surface area contributed by atoms with Gasteiger partial charge in [-0.2, -0.15) is 0 Å². The molecular formula is C18H28N4O3S. The van der Waals surface area contributed by atoms with Gasteiger partial charge >= 0.3 is 0 Å². The largest absolute Gasteiger partial charge is 0.370 e. The van der Waals surface area contributed by atoms with Gasteiger partial charge in [0.05, 0.1) is 18.1 Å². The van der Waals surface area contributed by atoms with Gasteiger partial charge in [0.1, 0.15) is 0 Å². The predicted molar refractivity (Wildman–Crippen MR) is 105 cm³/mol. The zero-order valence-corrected chi connectivity index (χ0v) is 16.2. The first-order valence-electron chi connectivity index (χ1n) is 8.95. The van der Waals surface area contributed by atoms with Crippen molar-refractivity contribution in [3.05, 3.63) is 29.8 Å². The van der Waals surface area contributed by atoms with E-state index < -0.39 is 9.84 Å². The minimum Gasteiger partial charge on any atom is -0.370 e. The minimum atomic E-state index is -2.99. The van der Waals surface area contributed by atoms with Crippen LogP contribution in [0.15, 0.2) is 29.3 Å². The van der Waals surface area contributed by atoms with Crippen molar-refractivity contribution in [3.8, 4) is 0 Å². The van der Waals surface area contributed by atoms with Gasteiger partial charge in [0, 0.05) is 18.2 Å². The molecule has 0 aromatic heterocycles. The summed E-state index contributed by atoms with van der Waals surface area (Å²) < 4.78 is 22.8. The number of sulfone groups is 1. The third-order valence-corrected chi connectivity index (χ3v) is 6.35. The van der Waals surface area contributed by atoms with Crippen molar-refractivity contribution < 1.29 is 13.2 Å². The average molecular weight is 381 g/mol. The van der Waals surface area contributed by atoms with Crippen LogP contribution in [0.25, 0.3) is 0 Å². The van der Waals surface area contributed by atoms with Gasteiger partial charge in [-0.05, 0) is 36.5 Å². The predicted octanol–water partition coefficient (Wildman–Crippen LogP) is 1.62. The molecule has 1 aliphatic heterocycles. The molecular weight excluding hydrogens is 352 g/mol. The van der Waals surface area contributed by atoms with Crippen LogP contribution in [0, 0.1) is 0 Å². The molecule has 1 amide bonds. The Kier molecular flexibility index (Phi) is 7.02. The van der Waals surface area contributed by atoms with E-state index in [0.29, 0.717) is 12.3 Å². The van der Waals surface area contributed by atoms with Crippen molar-refractivity contribution in [2.45, 2.75) is 45.1 Å². The van der Waals surface area contributed by atoms with E-state index in [1.807, 2.05) is 12.1 Å². The molecule has 1 fully saturated rings. The zero-order chi connectivity index (χ0) is 19.2. The van der Waals surface area contributed by atoms with Crippen LogP contribution in [0.3, 0.4) is 0 Å². The molecule has 7 nitrogen and oxygen atoms in total. The average Bonchev–Trinajstić information content (AvgIpc) is 2.93. The Balaban J connectivity index is 1.75. The summed E-state index contributed by atoms with van der Waals surface area (Å²) in [6, 6.07) is 7.75. The van der Waals surface area contributed by atoms with Gasteiger partial charge in [0.15, 0.2) is 15.8 Å². The Bertz CT molecular complexity index is 744. The molecule has 8 heteroatoms. The summed E-state index contributed by atoms with van der Waals surface area (Å²) in [5.74, 6) is 0.726. The van der Waals surface area contributed by atoms with Gasteiger partial charge < -0.3 is 16.4 Å². The number of nitrogens with zero attached hydrogens (tertiary/aromatic N) is 1. The molecule has 26 heavy (non-hydrogen) atoms. The van der Waals surface area contributed by atoms with Crippen molar-refractivity contribution in [2.75, 3.05) is 23.4 Å². The van der Waals surface area contributed by atoms with Crippen molar-refractivity contribution in [2.24, 2.45) is 10.7 Å². The Morgan fingerprint density at radius 2 is 2.04 bits per heavy atom. The van der Waals surface area contributed by atoms with E-state index in [1.54, 1.807) is 0 Å². The molecule has 2 atom stereocenters. The second-order valence-electron chi connectivity index (χ2n) is 6.74. The van der Waals surface area contributed by atoms with Crippen LogP contribution in [-0.4, -0.2) is 44.4 Å². The first kappa shape index (κ1) is 20.2. The number of carbonyl (C=O) groups is 1. The quantitative estimate of drug-likeness (QED) is 0.491. The summed E-state index contributed by atoms with van der Waals surface area (Å²) in [4.78, 5) is 16.0. The van der Waals surface area contributed by atoms with Crippen molar-refractivity contribution in [1.29, 1.82) is 0 Å². The molecule has 4 N–H and O–H groups in total. The fourth-order valence-corrected chi connectivity index (χ4v) is 4.48. The van der Waals surface area contributed by atoms with E-state index in [1.165, 1.54) is 5.56 Å². The lowest BCUT2D eigenvalue weighted by Crippen LogP contribution is -2.36. The highest BCUT2D eigenvalue weighted by Crippen LogP contribution is 2.20. The second kappa shape index (κ2) is 9.02. The molecule has 0 radical (unpaired) electrons. The molecule has 0 aliphatic carbocycles. The van der Waals surface area contributed by atoms with Crippen LogP contribution in [-0.2, 0) is 14.6 Å². The molecule has 1 aromatic carbocycles. The number of amides is 1. The van der Waals surface area contributed by atoms with Gasteiger partial charge in [-0.25, -0.2) is 8.42 Å². The van der Waals surface area contributed by atoms with Crippen molar-refractivity contribution in [3.63, 3.8) is 0 Å². The molecule has 2 unspecified atom stereocenters. The van der Waals surface area contributed by atoms with E-state index in [2.05, 4.69) is 41.6 Å². The molecule has 1 heterocycles. The van der Waals surface area contributed by atoms with Crippen LogP contribution in [0.2, 0.25) is 0 Å². The Morgan fingerprint density at radius 3 is 2.62 bits per heavy atom. The molecule has 2 rings (SSSR count). The Hall–Kier alpha value is -2.09. The highest BCUT2D eigenvalue weighted by Gasteiger charge is 2.28. The van der Waals surface area contributed by atoms with Gasteiger partial charge in [-0.3, -0.25) is 9.79 Å². The van der Waals surface area contributed by atoms with E-state index in [9.17, 15) is 13.2 Å². The number of anilines is 1. The first-order chi connectivity index (χ1) is 12.3. The third-order valence-electron chi connectivity index (χ3n) is 4.58. The number of aliphatic imine (C=N–C) groups is 1. The van der Waals surface area contributed by atoms with Crippen molar-refractivity contribution >= 4 is 27.4 Å². The fraction of sp³-hybridized carbons (Fsp3) is 0.556. The summed E-state index contributed by atoms with van der Waals surface area (Å²) in [7, 11) is -2.99. The molecule has 1 aliphatic rings. The monoisotopic (exact) mass is 380 g/mol. The summed E-state index contributed by atoms with van der Waals surface area (Å²) in [5, 5.41) is 5.73. The van der Waals surface area contributed by atoms with E-state index in [0.717, 1.165) is 12.1 Å². The first-order valence-corrected chi connectivity index (χ1v) is 10.8. The maximum Gasteiger partial charge on any atom is 0.222 e. The minimum absolute atomic E-state index is 0.0261. The highest BCUT2D eigenvalue weighted by molar-refractivity contribution is 7.91. The molecule has 144 valence electrons. The van der Waals surface area contributed by atoms with Crippen LogP contribution in [0.5, 0.6) is 0 Å². The van der Waals surface area contributed by atoms with Gasteiger partial charge in [0.25, 0.3) is 0 Å². The van der Waals surface area contributed by atoms with Crippen LogP contribution in [0.1, 0.15) is 44.6 Å². The number of carbonyl (C=O) groups excluding carboxylic acids is 1. The zero-order valence-electron chi connectivity index (χ0n) is 15.4. The van der Waals surface area contributed by atoms with E-state index in [4.69, 9.17) is 5.73 Å². The number of benzene rings is 1. The normalized spacial score (nSPS) is 20.5. The Morgan fingerprint density at radius 1 is 1.35 bits per heavy atom. The summed E-state index contributed by atoms with van der Waals surface area (Å²) in [5.41, 5.74) is 7.97. The second-order valence-corrected chi connectivity index (χ2v) is 8.97. The molecule has 1 saturated heterocycles. The molecule has 0 saturated carbocycles. The standard InChI is InChI=1S/C18H28N4O3S/c1-3-13(2)14-4-6-15(7-5-14)22-18(19)20-10-8-17(23)21-16-9-11-26(24,25)12-16/h4-7,13,16H,3,8-12H2,1-2H3,(H,21,23)(H3,19,20,22). The molecule has 0 spiro atoms. The van der Waals surface area contributed by atoms with Gasteiger partial charge in [-0.15, -0.1) is 0 Å². The Labute approximate surface area is 155 Å². The number of hydrogen-bond acceptors (Lipinski definition) is 4. The van der Waals surface area contributed by atoms with Gasteiger partial charge in [0.2, 0.25) is 5.91 Å². The lowest BCUT2D eigenvalue weighted by molar-refractivity contribution is -0.121. The third kappa shape index (κ3) is 6.33. The lowest BCUT2D eigenvalue weighted by Gasteiger charge is -2.11. The number of guanidine groups is 1. The molecule has 0 bridgehead atoms. The molecule has 1 aromatic rings. The summed E-state index contributed by atoms with van der Waals surface area (Å²) in [6.45, 7) is 4.59. The van der Waals surface area contributed by atoms with E-state index in [-0.39, 0.29) is 42.4 Å². The number of nitrogens with one attached hydrogen (secondary N) is 2. The lowest BCUT2D eigenvalue weighted by atomic mass is 9.99. The van der Waals surface area contributed by atoms with E-state index >= 15 is 0 Å². The maximum absolute atomic E-state index is 11.8. The maximum atomic E-state index is 11.8. The summed E-state index contributed by atoms with van der Waals surface area (Å²) >= 11 is 0. The number of rotatable bonds is 7.